The number of aryl methyl sites for hydroxylation is 1. The van der Waals surface area contributed by atoms with Crippen LogP contribution in [0.15, 0.2) is 52.1 Å². The molecule has 0 unspecified atom stereocenters. The van der Waals surface area contributed by atoms with E-state index in [1.165, 1.54) is 39.9 Å². The van der Waals surface area contributed by atoms with Crippen LogP contribution in [0.1, 0.15) is 12.2 Å². The molecule has 0 saturated heterocycles. The zero-order chi connectivity index (χ0) is 19.7. The maximum Gasteiger partial charge on any atom is 0.264 e. The van der Waals surface area contributed by atoms with Crippen LogP contribution in [0, 0.1) is 12.7 Å². The summed E-state index contributed by atoms with van der Waals surface area (Å²) in [6.07, 6.45) is 2.83. The summed E-state index contributed by atoms with van der Waals surface area (Å²) in [5.74, 6) is 0.0803. The monoisotopic (exact) mass is 382 g/mol. The predicted molar refractivity (Wildman–Crippen MR) is 97.6 cm³/mol. The van der Waals surface area contributed by atoms with E-state index < -0.39 is 0 Å². The zero-order valence-electron chi connectivity index (χ0n) is 14.8. The summed E-state index contributed by atoms with van der Waals surface area (Å²) in [6.45, 7) is 1.83. The second kappa shape index (κ2) is 7.06. The fourth-order valence-corrected chi connectivity index (χ4v) is 2.84. The molecule has 3 heterocycles. The summed E-state index contributed by atoms with van der Waals surface area (Å²) in [7, 11) is 0. The number of amides is 1. The van der Waals surface area contributed by atoms with E-state index in [4.69, 9.17) is 0 Å². The number of nitrogens with one attached hydrogen (secondary N) is 1. The molecule has 10 heteroatoms. The van der Waals surface area contributed by atoms with Crippen molar-refractivity contribution in [1.82, 2.24) is 24.5 Å². The van der Waals surface area contributed by atoms with E-state index in [-0.39, 0.29) is 30.2 Å². The molecule has 3 aromatic heterocycles. The molecule has 28 heavy (non-hydrogen) atoms. The fraction of sp³-hybridized carbons (Fsp3) is 0.167. The van der Waals surface area contributed by atoms with Gasteiger partial charge in [-0.2, -0.15) is 5.10 Å². The maximum atomic E-state index is 13.2. The molecule has 9 nitrogen and oxygen atoms in total. The standard InChI is InChI=1S/C18H15FN6O3/c1-11-21-17-14(10-20-25(17)13-4-2-12(19)3-5-13)18(27)24(11)8-6-16(26)22-15-7-9-28-23-15/h2-5,7,9-10H,6,8H2,1H3,(H,22,23,26). The van der Waals surface area contributed by atoms with Crippen LogP contribution < -0.4 is 10.9 Å². The molecular formula is C18H15FN6O3. The van der Waals surface area contributed by atoms with Gasteiger partial charge in [-0.25, -0.2) is 14.1 Å². The van der Waals surface area contributed by atoms with Crippen molar-refractivity contribution in [1.29, 1.82) is 0 Å². The van der Waals surface area contributed by atoms with Crippen LogP contribution in [0.3, 0.4) is 0 Å². The highest BCUT2D eigenvalue weighted by molar-refractivity contribution is 5.89. The Morgan fingerprint density at radius 3 is 2.75 bits per heavy atom. The lowest BCUT2D eigenvalue weighted by Crippen LogP contribution is -2.26. The first-order chi connectivity index (χ1) is 13.5. The third kappa shape index (κ3) is 3.27. The third-order valence-corrected chi connectivity index (χ3v) is 4.22. The lowest BCUT2D eigenvalue weighted by Gasteiger charge is -2.10. The topological polar surface area (TPSA) is 108 Å². The van der Waals surface area contributed by atoms with Gasteiger partial charge in [0.2, 0.25) is 5.91 Å². The predicted octanol–water partition coefficient (Wildman–Crippen LogP) is 2.05. The molecule has 0 fully saturated rings. The van der Waals surface area contributed by atoms with Gasteiger partial charge >= 0.3 is 0 Å². The average Bonchev–Trinajstić information content (AvgIpc) is 3.32. The molecule has 1 N–H and O–H groups in total. The lowest BCUT2D eigenvalue weighted by molar-refractivity contribution is -0.116. The highest BCUT2D eigenvalue weighted by Gasteiger charge is 2.15. The Labute approximate surface area is 157 Å². The van der Waals surface area contributed by atoms with Crippen molar-refractivity contribution in [3.63, 3.8) is 0 Å². The Bertz CT molecular complexity index is 1190. The van der Waals surface area contributed by atoms with Crippen molar-refractivity contribution in [3.05, 3.63) is 64.8 Å². The highest BCUT2D eigenvalue weighted by Crippen LogP contribution is 2.15. The Balaban J connectivity index is 1.61. The quantitative estimate of drug-likeness (QED) is 0.566. The summed E-state index contributed by atoms with van der Waals surface area (Å²) in [5.41, 5.74) is 0.662. The molecule has 142 valence electrons. The number of carbonyl (C=O) groups is 1. The molecule has 0 aliphatic heterocycles. The van der Waals surface area contributed by atoms with Crippen molar-refractivity contribution >= 4 is 22.8 Å². The van der Waals surface area contributed by atoms with Crippen LogP contribution in [0.5, 0.6) is 0 Å². The number of hydrogen-bond donors (Lipinski definition) is 1. The van der Waals surface area contributed by atoms with Crippen LogP contribution in [-0.4, -0.2) is 30.4 Å². The normalized spacial score (nSPS) is 11.1. The Morgan fingerprint density at radius 1 is 1.25 bits per heavy atom. The first-order valence-electron chi connectivity index (χ1n) is 8.44. The number of anilines is 1. The van der Waals surface area contributed by atoms with Crippen molar-refractivity contribution in [2.75, 3.05) is 5.32 Å². The van der Waals surface area contributed by atoms with Crippen LogP contribution in [-0.2, 0) is 11.3 Å². The van der Waals surface area contributed by atoms with Gasteiger partial charge in [0.1, 0.15) is 23.3 Å². The number of rotatable bonds is 5. The third-order valence-electron chi connectivity index (χ3n) is 4.22. The second-order valence-corrected chi connectivity index (χ2v) is 6.07. The van der Waals surface area contributed by atoms with Gasteiger partial charge < -0.3 is 9.84 Å². The summed E-state index contributed by atoms with van der Waals surface area (Å²) in [4.78, 5) is 29.3. The Morgan fingerprint density at radius 2 is 2.04 bits per heavy atom. The summed E-state index contributed by atoms with van der Waals surface area (Å²) in [5, 5.41) is 10.7. The van der Waals surface area contributed by atoms with Gasteiger partial charge in [0, 0.05) is 19.0 Å². The van der Waals surface area contributed by atoms with Crippen molar-refractivity contribution in [3.8, 4) is 5.69 Å². The summed E-state index contributed by atoms with van der Waals surface area (Å²) >= 11 is 0. The minimum atomic E-state index is -0.365. The van der Waals surface area contributed by atoms with Gasteiger partial charge in [0.05, 0.1) is 11.9 Å². The van der Waals surface area contributed by atoms with Gasteiger partial charge in [0.25, 0.3) is 5.56 Å². The largest absolute Gasteiger partial charge is 0.363 e. The van der Waals surface area contributed by atoms with Crippen molar-refractivity contribution < 1.29 is 13.7 Å². The van der Waals surface area contributed by atoms with Crippen LogP contribution in [0.4, 0.5) is 10.2 Å². The number of benzene rings is 1. The van der Waals surface area contributed by atoms with Crippen molar-refractivity contribution in [2.45, 2.75) is 19.9 Å². The van der Waals surface area contributed by atoms with E-state index in [9.17, 15) is 14.0 Å². The van der Waals surface area contributed by atoms with E-state index in [0.717, 1.165) is 0 Å². The van der Waals surface area contributed by atoms with E-state index in [1.54, 1.807) is 19.1 Å². The minimum Gasteiger partial charge on any atom is -0.363 e. The number of aromatic nitrogens is 5. The van der Waals surface area contributed by atoms with Gasteiger partial charge in [-0.1, -0.05) is 5.16 Å². The van der Waals surface area contributed by atoms with E-state index >= 15 is 0 Å². The molecule has 0 radical (unpaired) electrons. The van der Waals surface area contributed by atoms with Crippen molar-refractivity contribution in [2.24, 2.45) is 0 Å². The Hall–Kier alpha value is -3.82. The number of halogens is 1. The SMILES string of the molecule is Cc1nc2c(cnn2-c2ccc(F)cc2)c(=O)n1CCC(=O)Nc1ccon1. The number of carbonyl (C=O) groups excluding carboxylic acids is 1. The smallest absolute Gasteiger partial charge is 0.264 e. The minimum absolute atomic E-state index is 0.0624. The lowest BCUT2D eigenvalue weighted by atomic mass is 10.3. The average molecular weight is 382 g/mol. The first kappa shape index (κ1) is 17.6. The number of nitrogens with zero attached hydrogens (tertiary/aromatic N) is 5. The molecule has 1 aromatic carbocycles. The van der Waals surface area contributed by atoms with E-state index in [1.807, 2.05) is 0 Å². The molecule has 4 aromatic rings. The molecular weight excluding hydrogens is 367 g/mol. The molecule has 0 spiro atoms. The number of hydrogen-bond acceptors (Lipinski definition) is 6. The zero-order valence-corrected chi connectivity index (χ0v) is 14.8. The summed E-state index contributed by atoms with van der Waals surface area (Å²) < 4.78 is 20.7. The molecule has 1 amide bonds. The maximum absolute atomic E-state index is 13.2. The molecule has 0 saturated carbocycles. The first-order valence-corrected chi connectivity index (χ1v) is 8.44. The second-order valence-electron chi connectivity index (χ2n) is 6.07. The summed E-state index contributed by atoms with van der Waals surface area (Å²) in [6, 6.07) is 7.25. The molecule has 0 aliphatic rings. The van der Waals surface area contributed by atoms with Crippen LogP contribution in [0.2, 0.25) is 0 Å². The highest BCUT2D eigenvalue weighted by atomic mass is 19.1. The molecule has 0 bridgehead atoms. The Kier molecular flexibility index (Phi) is 4.44. The molecule has 4 rings (SSSR count). The van der Waals surface area contributed by atoms with E-state index in [0.29, 0.717) is 28.4 Å². The molecule has 0 aliphatic carbocycles. The van der Waals surface area contributed by atoms with Gasteiger partial charge in [-0.15, -0.1) is 0 Å². The van der Waals surface area contributed by atoms with Gasteiger partial charge in [-0.05, 0) is 31.2 Å². The van der Waals surface area contributed by atoms with Crippen LogP contribution >= 0.6 is 0 Å². The van der Waals surface area contributed by atoms with Gasteiger partial charge in [-0.3, -0.25) is 14.2 Å². The number of fused-ring (bicyclic) bond motifs is 1. The molecule has 0 atom stereocenters. The van der Waals surface area contributed by atoms with Gasteiger partial charge in [0.15, 0.2) is 11.5 Å². The van der Waals surface area contributed by atoms with E-state index in [2.05, 4.69) is 25.1 Å². The fourth-order valence-electron chi connectivity index (χ4n) is 2.84. The van der Waals surface area contributed by atoms with Crippen LogP contribution in [0.25, 0.3) is 16.7 Å².